The van der Waals surface area contributed by atoms with E-state index in [1.807, 2.05) is 50.3 Å². The van der Waals surface area contributed by atoms with Gasteiger partial charge in [0, 0.05) is 18.7 Å². The number of carbonyl (C=O) groups excluding carboxylic acids is 1. The zero-order chi connectivity index (χ0) is 12.7. The van der Waals surface area contributed by atoms with E-state index in [0.717, 1.165) is 5.56 Å². The van der Waals surface area contributed by atoms with Crippen molar-refractivity contribution in [2.45, 2.75) is 19.9 Å². The molecule has 17 heavy (non-hydrogen) atoms. The van der Waals surface area contributed by atoms with Gasteiger partial charge in [-0.1, -0.05) is 30.3 Å². The fraction of sp³-hybridized carbons (Fsp3) is 0.357. The molecule has 0 aliphatic carbocycles. The van der Waals surface area contributed by atoms with E-state index in [4.69, 9.17) is 4.74 Å². The molecular weight excluding hydrogens is 214 g/mol. The molecule has 1 atom stereocenters. The van der Waals surface area contributed by atoms with Crippen molar-refractivity contribution >= 4 is 12.0 Å². The van der Waals surface area contributed by atoms with Gasteiger partial charge in [0.15, 0.2) is 0 Å². The minimum atomic E-state index is -0.0570. The third kappa shape index (κ3) is 4.83. The van der Waals surface area contributed by atoms with Crippen molar-refractivity contribution < 1.29 is 9.53 Å². The molecule has 1 N–H and O–H groups in total. The van der Waals surface area contributed by atoms with E-state index in [2.05, 4.69) is 5.32 Å². The van der Waals surface area contributed by atoms with Crippen LogP contribution in [0, 0.1) is 0 Å². The Labute approximate surface area is 102 Å². The van der Waals surface area contributed by atoms with Crippen LogP contribution in [0.4, 0.5) is 0 Å². The van der Waals surface area contributed by atoms with Gasteiger partial charge in [0.25, 0.3) is 0 Å². The summed E-state index contributed by atoms with van der Waals surface area (Å²) in [6.07, 6.45) is 1.87. The van der Waals surface area contributed by atoms with Gasteiger partial charge in [-0.05, 0) is 25.5 Å². The van der Waals surface area contributed by atoms with E-state index < -0.39 is 0 Å². The van der Waals surface area contributed by atoms with E-state index in [1.165, 1.54) is 0 Å². The summed E-state index contributed by atoms with van der Waals surface area (Å²) in [5, 5.41) is 2.87. The highest BCUT2D eigenvalue weighted by Crippen LogP contribution is 2.06. The maximum atomic E-state index is 11.8. The molecule has 1 amide bonds. The van der Waals surface area contributed by atoms with Crippen LogP contribution in [0.3, 0.4) is 0 Å². The zero-order valence-corrected chi connectivity index (χ0v) is 10.6. The number of hydrogen-bond acceptors (Lipinski definition) is 2. The van der Waals surface area contributed by atoms with Gasteiger partial charge in [0.1, 0.15) is 0 Å². The number of nitrogens with one attached hydrogen (secondary N) is 1. The van der Waals surface area contributed by atoms with Gasteiger partial charge in [-0.2, -0.15) is 0 Å². The number of hydrogen-bond donors (Lipinski definition) is 1. The third-order valence-electron chi connectivity index (χ3n) is 2.34. The quantitative estimate of drug-likeness (QED) is 0.792. The topological polar surface area (TPSA) is 38.3 Å². The molecule has 0 aromatic heterocycles. The summed E-state index contributed by atoms with van der Waals surface area (Å²) in [5.74, 6) is -0.0570. The number of methoxy groups -OCH3 is 1. The maximum Gasteiger partial charge on any atom is 0.247 e. The SMILES string of the molecule is COC[C@H](C)NC(=O)/C(C)=C/c1ccccc1. The van der Waals surface area contributed by atoms with E-state index in [1.54, 1.807) is 7.11 Å². The summed E-state index contributed by atoms with van der Waals surface area (Å²) in [5.41, 5.74) is 1.72. The fourth-order valence-electron chi connectivity index (χ4n) is 1.49. The first-order valence-electron chi connectivity index (χ1n) is 5.66. The Bertz CT molecular complexity index is 384. The summed E-state index contributed by atoms with van der Waals surface area (Å²) >= 11 is 0. The average molecular weight is 233 g/mol. The van der Waals surface area contributed by atoms with Crippen LogP contribution in [0.25, 0.3) is 6.08 Å². The zero-order valence-electron chi connectivity index (χ0n) is 10.6. The molecule has 1 aromatic carbocycles. The summed E-state index contributed by atoms with van der Waals surface area (Å²) < 4.78 is 4.97. The van der Waals surface area contributed by atoms with Crippen molar-refractivity contribution in [3.63, 3.8) is 0 Å². The van der Waals surface area contributed by atoms with Crippen LogP contribution < -0.4 is 5.32 Å². The predicted octanol–water partition coefficient (Wildman–Crippen LogP) is 2.24. The fourth-order valence-corrected chi connectivity index (χ4v) is 1.49. The van der Waals surface area contributed by atoms with Gasteiger partial charge in [-0.15, -0.1) is 0 Å². The van der Waals surface area contributed by atoms with Gasteiger partial charge in [-0.3, -0.25) is 4.79 Å². The van der Waals surface area contributed by atoms with Crippen LogP contribution in [0.1, 0.15) is 19.4 Å². The molecular formula is C14H19NO2. The van der Waals surface area contributed by atoms with Crippen molar-refractivity contribution in [1.29, 1.82) is 0 Å². The van der Waals surface area contributed by atoms with E-state index >= 15 is 0 Å². The molecule has 0 heterocycles. The highest BCUT2D eigenvalue weighted by Gasteiger charge is 2.08. The average Bonchev–Trinajstić information content (AvgIpc) is 2.30. The first-order valence-corrected chi connectivity index (χ1v) is 5.66. The second kappa shape index (κ2) is 6.86. The smallest absolute Gasteiger partial charge is 0.247 e. The highest BCUT2D eigenvalue weighted by molar-refractivity contribution is 5.97. The lowest BCUT2D eigenvalue weighted by Crippen LogP contribution is -2.35. The minimum Gasteiger partial charge on any atom is -0.383 e. The molecule has 0 aliphatic heterocycles. The van der Waals surface area contributed by atoms with Crippen molar-refractivity contribution in [2.24, 2.45) is 0 Å². The van der Waals surface area contributed by atoms with Crippen LogP contribution in [-0.2, 0) is 9.53 Å². The number of carbonyl (C=O) groups is 1. The number of benzene rings is 1. The molecule has 0 unspecified atom stereocenters. The molecule has 0 aliphatic rings. The molecule has 1 rings (SSSR count). The molecule has 92 valence electrons. The molecule has 0 bridgehead atoms. The third-order valence-corrected chi connectivity index (χ3v) is 2.34. The van der Waals surface area contributed by atoms with Gasteiger partial charge < -0.3 is 10.1 Å². The number of amides is 1. The Morgan fingerprint density at radius 1 is 1.41 bits per heavy atom. The maximum absolute atomic E-state index is 11.8. The standard InChI is InChI=1S/C14H19NO2/c1-11(9-13-7-5-4-6-8-13)14(16)15-12(2)10-17-3/h4-9,12H,10H2,1-3H3,(H,15,16)/b11-9+/t12-/m0/s1. The Morgan fingerprint density at radius 2 is 2.06 bits per heavy atom. The largest absolute Gasteiger partial charge is 0.383 e. The molecule has 0 spiro atoms. The number of ether oxygens (including phenoxy) is 1. The van der Waals surface area contributed by atoms with Gasteiger partial charge >= 0.3 is 0 Å². The minimum absolute atomic E-state index is 0.0200. The predicted molar refractivity (Wildman–Crippen MR) is 69.6 cm³/mol. The Kier molecular flexibility index (Phi) is 5.43. The van der Waals surface area contributed by atoms with E-state index in [0.29, 0.717) is 12.2 Å². The lowest BCUT2D eigenvalue weighted by Gasteiger charge is -2.12. The summed E-state index contributed by atoms with van der Waals surface area (Å²) in [6, 6.07) is 9.81. The van der Waals surface area contributed by atoms with Crippen LogP contribution >= 0.6 is 0 Å². The molecule has 0 saturated heterocycles. The highest BCUT2D eigenvalue weighted by atomic mass is 16.5. The molecule has 3 nitrogen and oxygen atoms in total. The summed E-state index contributed by atoms with van der Waals surface area (Å²) in [7, 11) is 1.62. The summed E-state index contributed by atoms with van der Waals surface area (Å²) in [6.45, 7) is 4.24. The lowest BCUT2D eigenvalue weighted by atomic mass is 10.1. The van der Waals surface area contributed by atoms with E-state index in [-0.39, 0.29) is 11.9 Å². The summed E-state index contributed by atoms with van der Waals surface area (Å²) in [4.78, 5) is 11.8. The van der Waals surface area contributed by atoms with Gasteiger partial charge in [0.05, 0.1) is 6.61 Å². The Morgan fingerprint density at radius 3 is 2.65 bits per heavy atom. The molecule has 3 heteroatoms. The Balaban J connectivity index is 2.61. The normalized spacial score (nSPS) is 13.2. The van der Waals surface area contributed by atoms with Crippen LogP contribution in [0.15, 0.2) is 35.9 Å². The number of rotatable bonds is 5. The molecule has 1 aromatic rings. The first kappa shape index (κ1) is 13.5. The van der Waals surface area contributed by atoms with Crippen molar-refractivity contribution in [3.8, 4) is 0 Å². The second-order valence-electron chi connectivity index (χ2n) is 4.07. The van der Waals surface area contributed by atoms with Gasteiger partial charge in [-0.25, -0.2) is 0 Å². The second-order valence-corrected chi connectivity index (χ2v) is 4.07. The molecule has 0 radical (unpaired) electrons. The van der Waals surface area contributed by atoms with Crippen LogP contribution in [0.5, 0.6) is 0 Å². The van der Waals surface area contributed by atoms with Crippen molar-refractivity contribution in [2.75, 3.05) is 13.7 Å². The van der Waals surface area contributed by atoms with E-state index in [9.17, 15) is 4.79 Å². The van der Waals surface area contributed by atoms with Crippen molar-refractivity contribution in [3.05, 3.63) is 41.5 Å². The first-order chi connectivity index (χ1) is 8.13. The van der Waals surface area contributed by atoms with Crippen molar-refractivity contribution in [1.82, 2.24) is 5.32 Å². The lowest BCUT2D eigenvalue weighted by molar-refractivity contribution is -0.118. The van der Waals surface area contributed by atoms with Gasteiger partial charge in [0.2, 0.25) is 5.91 Å². The monoisotopic (exact) mass is 233 g/mol. The molecule has 0 saturated carbocycles. The Hall–Kier alpha value is -1.61. The van der Waals surface area contributed by atoms with Crippen LogP contribution in [-0.4, -0.2) is 25.7 Å². The molecule has 0 fully saturated rings. The van der Waals surface area contributed by atoms with Crippen LogP contribution in [0.2, 0.25) is 0 Å².